The minimum Gasteiger partial charge on any atom is -0.354 e. The van der Waals surface area contributed by atoms with Gasteiger partial charge in [-0.05, 0) is 69.5 Å². The Bertz CT molecular complexity index is 1010. The monoisotopic (exact) mass is 391 g/mol. The number of piperidine rings is 1. The van der Waals surface area contributed by atoms with Crippen molar-refractivity contribution in [1.82, 2.24) is 25.0 Å². The molecule has 0 aliphatic carbocycles. The summed E-state index contributed by atoms with van der Waals surface area (Å²) < 4.78 is 1.79. The van der Waals surface area contributed by atoms with E-state index in [1.165, 1.54) is 0 Å². The number of hydrogen-bond donors (Lipinski definition) is 1. The lowest BCUT2D eigenvalue weighted by atomic mass is 9.97. The van der Waals surface area contributed by atoms with Crippen LogP contribution < -0.4 is 10.2 Å². The van der Waals surface area contributed by atoms with Gasteiger partial charge in [0, 0.05) is 25.0 Å². The second-order valence-corrected chi connectivity index (χ2v) is 7.58. The Labute approximate surface area is 170 Å². The minimum atomic E-state index is -0.108. The molecule has 150 valence electrons. The highest BCUT2D eigenvalue weighted by atomic mass is 16.2. The van der Waals surface area contributed by atoms with Gasteiger partial charge in [-0.1, -0.05) is 0 Å². The van der Waals surface area contributed by atoms with Gasteiger partial charge < -0.3 is 10.2 Å². The fourth-order valence-electron chi connectivity index (χ4n) is 3.69. The summed E-state index contributed by atoms with van der Waals surface area (Å²) in [6.45, 7) is 7.41. The molecule has 4 rings (SSSR count). The SMILES string of the molecule is Cc1ccnc(NC(=O)C2CCCN(c3ccc(-n4nc(C)cc4C)nn3)C2)c1. The van der Waals surface area contributed by atoms with Gasteiger partial charge in [0.15, 0.2) is 11.6 Å². The maximum absolute atomic E-state index is 12.7. The van der Waals surface area contributed by atoms with Crippen molar-refractivity contribution in [3.05, 3.63) is 53.5 Å². The first-order valence-electron chi connectivity index (χ1n) is 9.85. The molecule has 1 amide bonds. The number of carbonyl (C=O) groups is 1. The Morgan fingerprint density at radius 1 is 1.10 bits per heavy atom. The summed E-state index contributed by atoms with van der Waals surface area (Å²) in [5.74, 6) is 1.96. The predicted octanol–water partition coefficient (Wildman–Crippen LogP) is 2.84. The zero-order chi connectivity index (χ0) is 20.4. The van der Waals surface area contributed by atoms with Crippen molar-refractivity contribution in [1.29, 1.82) is 0 Å². The van der Waals surface area contributed by atoms with Gasteiger partial charge in [-0.3, -0.25) is 4.79 Å². The second kappa shape index (κ2) is 7.98. The highest BCUT2D eigenvalue weighted by Gasteiger charge is 2.27. The molecule has 1 unspecified atom stereocenters. The van der Waals surface area contributed by atoms with Crippen molar-refractivity contribution < 1.29 is 4.79 Å². The van der Waals surface area contributed by atoms with E-state index in [1.54, 1.807) is 10.9 Å². The van der Waals surface area contributed by atoms with Gasteiger partial charge in [-0.2, -0.15) is 5.10 Å². The van der Waals surface area contributed by atoms with Crippen LogP contribution >= 0.6 is 0 Å². The van der Waals surface area contributed by atoms with E-state index >= 15 is 0 Å². The number of aromatic nitrogens is 5. The molecule has 4 heterocycles. The van der Waals surface area contributed by atoms with Gasteiger partial charge in [0.25, 0.3) is 0 Å². The van der Waals surface area contributed by atoms with E-state index in [0.717, 1.165) is 42.2 Å². The number of pyridine rings is 1. The van der Waals surface area contributed by atoms with Crippen LogP contribution in [0.4, 0.5) is 11.6 Å². The zero-order valence-electron chi connectivity index (χ0n) is 17.0. The maximum Gasteiger partial charge on any atom is 0.230 e. The quantitative estimate of drug-likeness (QED) is 0.736. The van der Waals surface area contributed by atoms with Crippen LogP contribution in [0.25, 0.3) is 5.82 Å². The number of carbonyl (C=O) groups excluding carboxylic acids is 1. The second-order valence-electron chi connectivity index (χ2n) is 7.58. The smallest absolute Gasteiger partial charge is 0.230 e. The first-order chi connectivity index (χ1) is 14.0. The normalized spacial score (nSPS) is 16.7. The molecule has 1 aliphatic heterocycles. The first-order valence-corrected chi connectivity index (χ1v) is 9.85. The summed E-state index contributed by atoms with van der Waals surface area (Å²) in [6.07, 6.45) is 3.49. The molecule has 0 radical (unpaired) electrons. The van der Waals surface area contributed by atoms with Gasteiger partial charge in [0.05, 0.1) is 11.6 Å². The van der Waals surface area contributed by atoms with Crippen LogP contribution in [-0.2, 0) is 4.79 Å². The van der Waals surface area contributed by atoms with Gasteiger partial charge in [0.2, 0.25) is 5.91 Å². The van der Waals surface area contributed by atoms with Crippen LogP contribution in [0.2, 0.25) is 0 Å². The molecule has 3 aromatic rings. The largest absolute Gasteiger partial charge is 0.354 e. The van der Waals surface area contributed by atoms with Crippen molar-refractivity contribution in [3.63, 3.8) is 0 Å². The molecular formula is C21H25N7O. The van der Waals surface area contributed by atoms with Crippen LogP contribution in [0, 0.1) is 26.7 Å². The van der Waals surface area contributed by atoms with Crippen LogP contribution in [0.1, 0.15) is 29.8 Å². The highest BCUT2D eigenvalue weighted by Crippen LogP contribution is 2.23. The Balaban J connectivity index is 1.44. The van der Waals surface area contributed by atoms with E-state index in [2.05, 4.69) is 30.5 Å². The summed E-state index contributed by atoms with van der Waals surface area (Å²) in [5, 5.41) is 16.1. The third kappa shape index (κ3) is 4.26. The predicted molar refractivity (Wildman–Crippen MR) is 111 cm³/mol. The summed E-state index contributed by atoms with van der Waals surface area (Å²) in [5.41, 5.74) is 3.03. The third-order valence-electron chi connectivity index (χ3n) is 5.15. The summed E-state index contributed by atoms with van der Waals surface area (Å²) in [4.78, 5) is 19.1. The topological polar surface area (TPSA) is 88.8 Å². The number of anilines is 2. The fraction of sp³-hybridized carbons (Fsp3) is 0.381. The van der Waals surface area contributed by atoms with Crippen molar-refractivity contribution in [3.8, 4) is 5.82 Å². The van der Waals surface area contributed by atoms with E-state index in [0.29, 0.717) is 18.2 Å². The summed E-state index contributed by atoms with van der Waals surface area (Å²) in [7, 11) is 0. The van der Waals surface area contributed by atoms with E-state index in [-0.39, 0.29) is 11.8 Å². The average Bonchev–Trinajstić information content (AvgIpc) is 3.06. The van der Waals surface area contributed by atoms with Crippen molar-refractivity contribution in [2.24, 2.45) is 5.92 Å². The molecule has 1 N–H and O–H groups in total. The molecule has 3 aromatic heterocycles. The van der Waals surface area contributed by atoms with Gasteiger partial charge >= 0.3 is 0 Å². The number of aryl methyl sites for hydroxylation is 3. The Morgan fingerprint density at radius 2 is 1.90 bits per heavy atom. The summed E-state index contributed by atoms with van der Waals surface area (Å²) in [6, 6.07) is 9.66. The number of hydrogen-bond acceptors (Lipinski definition) is 6. The molecule has 1 atom stereocenters. The molecule has 0 spiro atoms. The number of rotatable bonds is 4. The van der Waals surface area contributed by atoms with Gasteiger partial charge in [-0.25, -0.2) is 9.67 Å². The zero-order valence-corrected chi connectivity index (χ0v) is 17.0. The first kappa shape index (κ1) is 19.0. The number of amides is 1. The van der Waals surface area contributed by atoms with Crippen molar-refractivity contribution >= 4 is 17.5 Å². The summed E-state index contributed by atoms with van der Waals surface area (Å²) >= 11 is 0. The third-order valence-corrected chi connectivity index (χ3v) is 5.15. The molecule has 8 nitrogen and oxygen atoms in total. The molecule has 0 aromatic carbocycles. The van der Waals surface area contributed by atoms with E-state index in [1.807, 2.05) is 51.1 Å². The molecular weight excluding hydrogens is 366 g/mol. The van der Waals surface area contributed by atoms with E-state index in [9.17, 15) is 4.79 Å². The lowest BCUT2D eigenvalue weighted by Crippen LogP contribution is -2.41. The van der Waals surface area contributed by atoms with Crippen LogP contribution in [0.5, 0.6) is 0 Å². The Morgan fingerprint density at radius 3 is 2.59 bits per heavy atom. The molecule has 0 saturated carbocycles. The average molecular weight is 391 g/mol. The highest BCUT2D eigenvalue weighted by molar-refractivity contribution is 5.92. The van der Waals surface area contributed by atoms with Crippen LogP contribution in [-0.4, -0.2) is 44.0 Å². The molecule has 29 heavy (non-hydrogen) atoms. The van der Waals surface area contributed by atoms with E-state index < -0.39 is 0 Å². The molecule has 0 bridgehead atoms. The molecule has 1 saturated heterocycles. The van der Waals surface area contributed by atoms with E-state index in [4.69, 9.17) is 0 Å². The van der Waals surface area contributed by atoms with Gasteiger partial charge in [0.1, 0.15) is 5.82 Å². The standard InChI is InChI=1S/C21H25N7O/c1-14-8-9-22-18(11-14)23-21(29)17-5-4-10-27(13-17)19-6-7-20(25-24-19)28-16(3)12-15(2)26-28/h6-9,11-12,17H,4-5,10,13H2,1-3H3,(H,22,23,29). The Hall–Kier alpha value is -3.29. The minimum absolute atomic E-state index is 0.0000189. The van der Waals surface area contributed by atoms with Crippen LogP contribution in [0.15, 0.2) is 36.5 Å². The lowest BCUT2D eigenvalue weighted by molar-refractivity contribution is -0.120. The molecule has 8 heteroatoms. The maximum atomic E-state index is 12.7. The molecule has 1 fully saturated rings. The number of nitrogens with one attached hydrogen (secondary N) is 1. The Kier molecular flexibility index (Phi) is 5.24. The number of nitrogens with zero attached hydrogens (tertiary/aromatic N) is 6. The van der Waals surface area contributed by atoms with Gasteiger partial charge in [-0.15, -0.1) is 10.2 Å². The van der Waals surface area contributed by atoms with Crippen LogP contribution in [0.3, 0.4) is 0 Å². The fourth-order valence-corrected chi connectivity index (χ4v) is 3.69. The molecule has 1 aliphatic rings. The van der Waals surface area contributed by atoms with Crippen molar-refractivity contribution in [2.75, 3.05) is 23.3 Å². The lowest BCUT2D eigenvalue weighted by Gasteiger charge is -2.32. The van der Waals surface area contributed by atoms with Crippen molar-refractivity contribution in [2.45, 2.75) is 33.6 Å².